The number of thiazole rings is 1. The van der Waals surface area contributed by atoms with Gasteiger partial charge in [-0.1, -0.05) is 38.9 Å². The van der Waals surface area contributed by atoms with Gasteiger partial charge in [-0.2, -0.15) is 4.31 Å². The monoisotopic (exact) mass is 570 g/mol. The van der Waals surface area contributed by atoms with E-state index in [1.54, 1.807) is 17.0 Å². The molecule has 0 aliphatic carbocycles. The number of fused-ring (bicyclic) bond motifs is 1. The first-order valence-corrected chi connectivity index (χ1v) is 13.9. The Hall–Kier alpha value is -1.56. The van der Waals surface area contributed by atoms with Crippen molar-refractivity contribution in [3.63, 3.8) is 0 Å². The lowest BCUT2D eigenvalue weighted by Crippen LogP contribution is -2.49. The van der Waals surface area contributed by atoms with Crippen molar-refractivity contribution in [3.8, 4) is 0 Å². The number of anilines is 1. The van der Waals surface area contributed by atoms with Crippen LogP contribution in [-0.4, -0.2) is 68.3 Å². The van der Waals surface area contributed by atoms with Crippen LogP contribution >= 0.6 is 38.9 Å². The number of sulfonamides is 1. The normalized spacial score (nSPS) is 17.2. The molecule has 0 saturated carbocycles. The van der Waals surface area contributed by atoms with Crippen molar-refractivity contribution in [2.45, 2.75) is 23.8 Å². The summed E-state index contributed by atoms with van der Waals surface area (Å²) in [5, 5.41) is 1.03. The van der Waals surface area contributed by atoms with E-state index >= 15 is 0 Å². The number of benzene rings is 2. The number of carbonyl (C=O) groups excluding carboxylic acids is 1. The maximum absolute atomic E-state index is 13.8. The lowest BCUT2D eigenvalue weighted by Gasteiger charge is -2.29. The number of amides is 1. The summed E-state index contributed by atoms with van der Waals surface area (Å²) in [5.74, 6) is -0.245. The van der Waals surface area contributed by atoms with Gasteiger partial charge in [0.15, 0.2) is 5.13 Å². The molecule has 1 amide bonds. The highest BCUT2D eigenvalue weighted by Crippen LogP contribution is 2.34. The summed E-state index contributed by atoms with van der Waals surface area (Å²) in [5.41, 5.74) is 0.804. The van der Waals surface area contributed by atoms with Gasteiger partial charge in [0.25, 0.3) is 0 Å². The summed E-state index contributed by atoms with van der Waals surface area (Å²) in [4.78, 5) is 22.2. The Morgan fingerprint density at radius 3 is 2.64 bits per heavy atom. The predicted molar refractivity (Wildman–Crippen MR) is 137 cm³/mol. The molecule has 1 atom stereocenters. The fourth-order valence-corrected chi connectivity index (χ4v) is 7.12. The Labute approximate surface area is 211 Å². The molecule has 11 heteroatoms. The Morgan fingerprint density at radius 1 is 1.21 bits per heavy atom. The average Bonchev–Trinajstić information content (AvgIpc) is 3.41. The number of hydrogen-bond donors (Lipinski definition) is 0. The van der Waals surface area contributed by atoms with Crippen LogP contribution in [0, 0.1) is 0 Å². The Balaban J connectivity index is 1.67. The molecule has 7 nitrogen and oxygen atoms in total. The molecule has 2 heterocycles. The quantitative estimate of drug-likeness (QED) is 0.419. The summed E-state index contributed by atoms with van der Waals surface area (Å²) in [6, 6.07) is 11.1. The summed E-state index contributed by atoms with van der Waals surface area (Å²) in [6.45, 7) is 1.34. The maximum Gasteiger partial charge on any atom is 0.247 e. The van der Waals surface area contributed by atoms with E-state index in [4.69, 9.17) is 11.6 Å². The van der Waals surface area contributed by atoms with Crippen LogP contribution < -0.4 is 4.90 Å². The fourth-order valence-electron chi connectivity index (χ4n) is 3.80. The van der Waals surface area contributed by atoms with Gasteiger partial charge in [-0.3, -0.25) is 9.69 Å². The van der Waals surface area contributed by atoms with Gasteiger partial charge in [-0.15, -0.1) is 0 Å². The van der Waals surface area contributed by atoms with Crippen LogP contribution in [0.1, 0.15) is 12.8 Å². The third-order valence-corrected chi connectivity index (χ3v) is 9.22. The molecule has 2 aromatic carbocycles. The first-order chi connectivity index (χ1) is 15.7. The van der Waals surface area contributed by atoms with Gasteiger partial charge in [0, 0.05) is 29.1 Å². The Morgan fingerprint density at radius 2 is 1.94 bits per heavy atom. The van der Waals surface area contributed by atoms with Gasteiger partial charge in [0.05, 0.1) is 15.1 Å². The minimum absolute atomic E-state index is 0.135. The largest absolute Gasteiger partial charge is 0.308 e. The van der Waals surface area contributed by atoms with E-state index in [9.17, 15) is 13.2 Å². The van der Waals surface area contributed by atoms with Gasteiger partial charge in [0.1, 0.15) is 6.04 Å². The Kier molecular flexibility index (Phi) is 7.42. The third kappa shape index (κ3) is 5.26. The van der Waals surface area contributed by atoms with Gasteiger partial charge < -0.3 is 4.90 Å². The van der Waals surface area contributed by atoms with Crippen LogP contribution in [0.4, 0.5) is 5.13 Å². The molecule has 0 radical (unpaired) electrons. The second-order valence-corrected chi connectivity index (χ2v) is 12.4. The molecule has 1 aliphatic heterocycles. The number of hydrogen-bond acceptors (Lipinski definition) is 6. The smallest absolute Gasteiger partial charge is 0.247 e. The molecule has 33 heavy (non-hydrogen) atoms. The number of carbonyl (C=O) groups is 1. The van der Waals surface area contributed by atoms with E-state index in [-0.39, 0.29) is 10.8 Å². The number of nitrogens with zero attached hydrogens (tertiary/aromatic N) is 4. The summed E-state index contributed by atoms with van der Waals surface area (Å²) < 4.78 is 29.9. The topological polar surface area (TPSA) is 73.8 Å². The van der Waals surface area contributed by atoms with Crippen LogP contribution in [-0.2, 0) is 14.8 Å². The van der Waals surface area contributed by atoms with E-state index in [1.165, 1.54) is 27.8 Å². The van der Waals surface area contributed by atoms with Gasteiger partial charge >= 0.3 is 0 Å². The molecule has 1 aromatic heterocycles. The highest BCUT2D eigenvalue weighted by atomic mass is 79.9. The zero-order valence-electron chi connectivity index (χ0n) is 18.2. The van der Waals surface area contributed by atoms with Crippen LogP contribution in [0.3, 0.4) is 0 Å². The Bertz CT molecular complexity index is 1260. The molecular formula is C22H24BrClN4O3S2. The molecule has 0 N–H and O–H groups in total. The summed E-state index contributed by atoms with van der Waals surface area (Å²) in [7, 11) is 0.0377. The molecule has 1 saturated heterocycles. The first kappa shape index (κ1) is 24.6. The van der Waals surface area contributed by atoms with Crippen molar-refractivity contribution in [1.29, 1.82) is 0 Å². The van der Waals surface area contributed by atoms with E-state index < -0.39 is 16.1 Å². The standard InChI is InChI=1S/C22H24BrClN4O3S2/c1-26(2)12-13-27(22-25-18-10-5-15(23)14-20(18)32-22)21(29)19-4-3-11-28(19)33(30,31)17-8-6-16(24)7-9-17/h5-10,14,19H,3-4,11-13H2,1-2H3. The van der Waals surface area contributed by atoms with Crippen molar-refractivity contribution in [2.75, 3.05) is 38.6 Å². The van der Waals surface area contributed by atoms with E-state index in [0.29, 0.717) is 42.6 Å². The van der Waals surface area contributed by atoms with Gasteiger partial charge in [-0.05, 0) is 69.4 Å². The van der Waals surface area contributed by atoms with Crippen LogP contribution in [0.15, 0.2) is 51.8 Å². The molecule has 3 aromatic rings. The molecule has 4 rings (SSSR count). The van der Waals surface area contributed by atoms with Crippen molar-refractivity contribution in [2.24, 2.45) is 0 Å². The lowest BCUT2D eigenvalue weighted by molar-refractivity contribution is -0.121. The van der Waals surface area contributed by atoms with E-state index in [2.05, 4.69) is 20.9 Å². The number of rotatable bonds is 7. The SMILES string of the molecule is CN(C)CCN(C(=O)C1CCCN1S(=O)(=O)c1ccc(Cl)cc1)c1nc2ccc(Br)cc2s1. The third-order valence-electron chi connectivity index (χ3n) is 5.52. The first-order valence-electron chi connectivity index (χ1n) is 10.5. The van der Waals surface area contributed by atoms with Crippen LogP contribution in [0.2, 0.25) is 5.02 Å². The van der Waals surface area contributed by atoms with Gasteiger partial charge in [0.2, 0.25) is 15.9 Å². The highest BCUT2D eigenvalue weighted by molar-refractivity contribution is 9.10. The maximum atomic E-state index is 13.8. The van der Waals surface area contributed by atoms with Crippen LogP contribution in [0.25, 0.3) is 10.2 Å². The number of halogens is 2. The minimum atomic E-state index is -3.83. The predicted octanol–water partition coefficient (Wildman–Crippen LogP) is 4.46. The number of likely N-dealkylation sites (N-methyl/N-ethyl adjacent to an activating group) is 1. The summed E-state index contributed by atoms with van der Waals surface area (Å²) >= 11 is 10.8. The highest BCUT2D eigenvalue weighted by Gasteiger charge is 2.42. The van der Waals surface area contributed by atoms with Crippen molar-refractivity contribution in [3.05, 3.63) is 52.0 Å². The molecular weight excluding hydrogens is 548 g/mol. The van der Waals surface area contributed by atoms with Crippen molar-refractivity contribution >= 4 is 70.1 Å². The van der Waals surface area contributed by atoms with E-state index in [0.717, 1.165) is 14.7 Å². The van der Waals surface area contributed by atoms with Crippen LogP contribution in [0.5, 0.6) is 0 Å². The van der Waals surface area contributed by atoms with Gasteiger partial charge in [-0.25, -0.2) is 13.4 Å². The second kappa shape index (κ2) is 9.97. The zero-order chi connectivity index (χ0) is 23.8. The molecule has 0 spiro atoms. The van der Waals surface area contributed by atoms with E-state index in [1.807, 2.05) is 37.2 Å². The average molecular weight is 572 g/mol. The van der Waals surface area contributed by atoms with Crippen molar-refractivity contribution < 1.29 is 13.2 Å². The molecule has 1 aliphatic rings. The summed E-state index contributed by atoms with van der Waals surface area (Å²) in [6.07, 6.45) is 1.10. The second-order valence-electron chi connectivity index (χ2n) is 8.13. The minimum Gasteiger partial charge on any atom is -0.308 e. The fraction of sp³-hybridized carbons (Fsp3) is 0.364. The zero-order valence-corrected chi connectivity index (χ0v) is 22.2. The molecule has 0 bridgehead atoms. The van der Waals surface area contributed by atoms with Crippen molar-refractivity contribution in [1.82, 2.24) is 14.2 Å². The molecule has 176 valence electrons. The molecule has 1 unspecified atom stereocenters. The molecule has 1 fully saturated rings. The number of aromatic nitrogens is 1. The lowest BCUT2D eigenvalue weighted by atomic mass is 10.2.